The normalized spacial score (nSPS) is 14.5. The molecule has 31 heavy (non-hydrogen) atoms. The molecule has 0 radical (unpaired) electrons. The second kappa shape index (κ2) is 10.9. The Balaban J connectivity index is 1.41. The molecule has 6 nitrogen and oxygen atoms in total. The van der Waals surface area contributed by atoms with Gasteiger partial charge in [-0.25, -0.2) is 0 Å². The number of halogens is 1. The minimum absolute atomic E-state index is 0.0491. The topological polar surface area (TPSA) is 78.5 Å². The van der Waals surface area contributed by atoms with Gasteiger partial charge in [-0.3, -0.25) is 14.4 Å². The first-order chi connectivity index (χ1) is 14.9. The lowest BCUT2D eigenvalue weighted by Crippen LogP contribution is -2.44. The summed E-state index contributed by atoms with van der Waals surface area (Å²) < 4.78 is 0.941. The maximum atomic E-state index is 12.4. The van der Waals surface area contributed by atoms with E-state index in [4.69, 9.17) is 0 Å². The van der Waals surface area contributed by atoms with Crippen molar-refractivity contribution >= 4 is 45.4 Å². The van der Waals surface area contributed by atoms with Crippen LogP contribution in [-0.2, 0) is 14.4 Å². The van der Waals surface area contributed by atoms with Crippen LogP contribution < -0.4 is 10.6 Å². The summed E-state index contributed by atoms with van der Waals surface area (Å²) in [4.78, 5) is 38.7. The van der Waals surface area contributed by atoms with Gasteiger partial charge in [-0.1, -0.05) is 46.3 Å². The van der Waals surface area contributed by atoms with Crippen LogP contribution in [0.2, 0.25) is 0 Å². The molecule has 3 rings (SSSR count). The third-order valence-corrected chi connectivity index (χ3v) is 5.77. The van der Waals surface area contributed by atoms with Gasteiger partial charge in [0.1, 0.15) is 0 Å². The van der Waals surface area contributed by atoms with Crippen LogP contribution in [0.3, 0.4) is 0 Å². The SMILES string of the molecule is Cc1cc(Br)ccc1NC(=O)CNC(=O)C1CCN(C(=O)/C=C/c2ccccc2)CC1. The highest BCUT2D eigenvalue weighted by molar-refractivity contribution is 9.10. The number of benzene rings is 2. The maximum Gasteiger partial charge on any atom is 0.246 e. The molecule has 162 valence electrons. The second-order valence-electron chi connectivity index (χ2n) is 7.57. The molecule has 0 atom stereocenters. The smallest absolute Gasteiger partial charge is 0.246 e. The Labute approximate surface area is 190 Å². The Morgan fingerprint density at radius 1 is 1.10 bits per heavy atom. The van der Waals surface area contributed by atoms with Crippen molar-refractivity contribution in [3.8, 4) is 0 Å². The summed E-state index contributed by atoms with van der Waals surface area (Å²) in [5.74, 6) is -0.650. The summed E-state index contributed by atoms with van der Waals surface area (Å²) in [7, 11) is 0. The zero-order valence-electron chi connectivity index (χ0n) is 17.4. The number of nitrogens with zero attached hydrogens (tertiary/aromatic N) is 1. The first-order valence-electron chi connectivity index (χ1n) is 10.3. The number of carbonyl (C=O) groups is 3. The summed E-state index contributed by atoms with van der Waals surface area (Å²) in [6, 6.07) is 15.2. The Hall–Kier alpha value is -2.93. The maximum absolute atomic E-state index is 12.4. The lowest BCUT2D eigenvalue weighted by Gasteiger charge is -2.30. The van der Waals surface area contributed by atoms with Gasteiger partial charge in [0, 0.05) is 35.2 Å². The molecule has 0 unspecified atom stereocenters. The van der Waals surface area contributed by atoms with E-state index in [1.807, 2.05) is 55.5 Å². The zero-order valence-corrected chi connectivity index (χ0v) is 19.0. The molecule has 7 heteroatoms. The van der Waals surface area contributed by atoms with E-state index in [0.717, 1.165) is 21.3 Å². The van der Waals surface area contributed by atoms with Crippen LogP contribution in [0.1, 0.15) is 24.0 Å². The van der Waals surface area contributed by atoms with Crippen molar-refractivity contribution in [2.75, 3.05) is 25.0 Å². The molecule has 1 saturated heterocycles. The van der Waals surface area contributed by atoms with Crippen LogP contribution in [-0.4, -0.2) is 42.3 Å². The van der Waals surface area contributed by atoms with E-state index in [9.17, 15) is 14.4 Å². The van der Waals surface area contributed by atoms with Gasteiger partial charge in [-0.05, 0) is 55.2 Å². The van der Waals surface area contributed by atoms with E-state index in [1.165, 1.54) is 0 Å². The fourth-order valence-electron chi connectivity index (χ4n) is 3.47. The van der Waals surface area contributed by atoms with Gasteiger partial charge in [0.25, 0.3) is 0 Å². The second-order valence-corrected chi connectivity index (χ2v) is 8.48. The van der Waals surface area contributed by atoms with Gasteiger partial charge in [-0.2, -0.15) is 0 Å². The van der Waals surface area contributed by atoms with Crippen molar-refractivity contribution < 1.29 is 14.4 Å². The van der Waals surface area contributed by atoms with Gasteiger partial charge >= 0.3 is 0 Å². The quantitative estimate of drug-likeness (QED) is 0.613. The number of likely N-dealkylation sites (tertiary alicyclic amines) is 1. The van der Waals surface area contributed by atoms with Gasteiger partial charge in [0.05, 0.1) is 6.54 Å². The fraction of sp³-hybridized carbons (Fsp3) is 0.292. The molecule has 1 heterocycles. The average molecular weight is 484 g/mol. The molecule has 0 spiro atoms. The zero-order chi connectivity index (χ0) is 22.2. The number of amides is 3. The summed E-state index contributed by atoms with van der Waals surface area (Å²) >= 11 is 3.39. The summed E-state index contributed by atoms with van der Waals surface area (Å²) in [5, 5.41) is 5.53. The molecule has 0 aliphatic carbocycles. The largest absolute Gasteiger partial charge is 0.347 e. The molecule has 0 bridgehead atoms. The molecular formula is C24H26BrN3O3. The van der Waals surface area contributed by atoms with E-state index in [0.29, 0.717) is 25.9 Å². The fourth-order valence-corrected chi connectivity index (χ4v) is 3.95. The van der Waals surface area contributed by atoms with Crippen molar-refractivity contribution in [1.82, 2.24) is 10.2 Å². The van der Waals surface area contributed by atoms with Gasteiger partial charge in [0.15, 0.2) is 0 Å². The van der Waals surface area contributed by atoms with Crippen LogP contribution in [0.25, 0.3) is 6.08 Å². The van der Waals surface area contributed by atoms with Gasteiger partial charge < -0.3 is 15.5 Å². The predicted molar refractivity (Wildman–Crippen MR) is 125 cm³/mol. The van der Waals surface area contributed by atoms with Crippen molar-refractivity contribution in [3.05, 3.63) is 70.2 Å². The summed E-state index contributed by atoms with van der Waals surface area (Å²) in [6.45, 7) is 2.89. The highest BCUT2D eigenvalue weighted by atomic mass is 79.9. The highest BCUT2D eigenvalue weighted by Gasteiger charge is 2.26. The number of piperidine rings is 1. The van der Waals surface area contributed by atoms with Crippen molar-refractivity contribution in [2.45, 2.75) is 19.8 Å². The molecule has 1 aliphatic rings. The van der Waals surface area contributed by atoms with Crippen LogP contribution in [0.4, 0.5) is 5.69 Å². The monoisotopic (exact) mass is 483 g/mol. The molecule has 2 N–H and O–H groups in total. The van der Waals surface area contributed by atoms with Crippen molar-refractivity contribution in [1.29, 1.82) is 0 Å². The number of hydrogen-bond acceptors (Lipinski definition) is 3. The van der Waals surface area contributed by atoms with Crippen LogP contribution >= 0.6 is 15.9 Å². The lowest BCUT2D eigenvalue weighted by molar-refractivity contribution is -0.132. The van der Waals surface area contributed by atoms with Crippen LogP contribution in [0.5, 0.6) is 0 Å². The standard InChI is InChI=1S/C24H26BrN3O3/c1-17-15-20(25)8-9-21(17)27-22(29)16-26-24(31)19-11-13-28(14-12-19)23(30)10-7-18-5-3-2-4-6-18/h2-10,15,19H,11-14,16H2,1H3,(H,26,31)(H,27,29)/b10-7+. The first kappa shape index (κ1) is 22.7. The number of anilines is 1. The summed E-state index contributed by atoms with van der Waals surface area (Å²) in [5.41, 5.74) is 2.63. The van der Waals surface area contributed by atoms with Crippen molar-refractivity contribution in [3.63, 3.8) is 0 Å². The van der Waals surface area contributed by atoms with Crippen LogP contribution in [0, 0.1) is 12.8 Å². The number of nitrogens with one attached hydrogen (secondary N) is 2. The van der Waals surface area contributed by atoms with E-state index < -0.39 is 0 Å². The Morgan fingerprint density at radius 2 is 1.81 bits per heavy atom. The molecule has 0 saturated carbocycles. The van der Waals surface area contributed by atoms with E-state index >= 15 is 0 Å². The third-order valence-electron chi connectivity index (χ3n) is 5.28. The number of aryl methyl sites for hydroxylation is 1. The third kappa shape index (κ3) is 6.79. The highest BCUT2D eigenvalue weighted by Crippen LogP contribution is 2.20. The lowest BCUT2D eigenvalue weighted by atomic mass is 9.96. The van der Waals surface area contributed by atoms with E-state index in [-0.39, 0.29) is 30.2 Å². The molecule has 2 aromatic rings. The van der Waals surface area contributed by atoms with E-state index in [1.54, 1.807) is 17.1 Å². The minimum Gasteiger partial charge on any atom is -0.347 e. The molecule has 2 aromatic carbocycles. The molecule has 0 aromatic heterocycles. The minimum atomic E-state index is -0.266. The van der Waals surface area contributed by atoms with Gasteiger partial charge in [0.2, 0.25) is 17.7 Å². The summed E-state index contributed by atoms with van der Waals surface area (Å²) in [6.07, 6.45) is 4.55. The van der Waals surface area contributed by atoms with Crippen molar-refractivity contribution in [2.24, 2.45) is 5.92 Å². The molecule has 3 amide bonds. The van der Waals surface area contributed by atoms with E-state index in [2.05, 4.69) is 26.6 Å². The Bertz CT molecular complexity index is 967. The molecule has 1 fully saturated rings. The molecule has 1 aliphatic heterocycles. The average Bonchev–Trinajstić information content (AvgIpc) is 2.78. The Kier molecular flexibility index (Phi) is 8.00. The number of rotatable bonds is 6. The van der Waals surface area contributed by atoms with Crippen LogP contribution in [0.15, 0.2) is 59.1 Å². The Morgan fingerprint density at radius 3 is 2.48 bits per heavy atom. The first-order valence-corrected chi connectivity index (χ1v) is 11.1. The molecular weight excluding hydrogens is 458 g/mol. The number of carbonyl (C=O) groups excluding carboxylic acids is 3. The number of hydrogen-bond donors (Lipinski definition) is 2. The predicted octanol–water partition coefficient (Wildman–Crippen LogP) is 3.76. The van der Waals surface area contributed by atoms with Gasteiger partial charge in [-0.15, -0.1) is 0 Å².